The summed E-state index contributed by atoms with van der Waals surface area (Å²) in [7, 11) is -4.20. The molecule has 0 spiro atoms. The molecule has 0 fully saturated rings. The molecule has 46 heavy (non-hydrogen) atoms. The first kappa shape index (κ1) is 32.8. The van der Waals surface area contributed by atoms with Crippen LogP contribution in [0.15, 0.2) is 92.6 Å². The number of hydrogen-bond donors (Lipinski definition) is 4. The molecule has 2 amide bonds. The zero-order valence-corrected chi connectivity index (χ0v) is 26.6. The second-order valence-electron chi connectivity index (χ2n) is 11.1. The van der Waals surface area contributed by atoms with Gasteiger partial charge in [-0.25, -0.2) is 13.2 Å². The second-order valence-corrected chi connectivity index (χ2v) is 13.9. The van der Waals surface area contributed by atoms with Crippen LogP contribution < -0.4 is 10.6 Å². The largest absolute Gasteiger partial charge is 0.472 e. The molecule has 15 heteroatoms. The van der Waals surface area contributed by atoms with Crippen LogP contribution >= 0.6 is 11.3 Å². The van der Waals surface area contributed by atoms with Gasteiger partial charge in [-0.2, -0.15) is 9.29 Å². The average molecular weight is 668 g/mol. The van der Waals surface area contributed by atoms with Crippen molar-refractivity contribution in [1.82, 2.24) is 19.6 Å². The minimum absolute atomic E-state index is 0.0789. The Morgan fingerprint density at radius 3 is 2.52 bits per heavy atom. The van der Waals surface area contributed by atoms with E-state index in [4.69, 9.17) is 8.83 Å². The first-order valence-corrected chi connectivity index (χ1v) is 16.7. The number of anilines is 1. The standard InChI is InChI=1S/C31H33N5O8S2/c1-19(2)15-36(16-25(37)23(12-20-6-4-3-5-7-20)28(34-31(39)40)27-14-32-18-45-27)46(41,42)22-8-9-24-26(13-22)44-30(33-24)35-29(38)21-10-11-43-17-21/h3-11,13-14,17-19,23,25,28,34,37H,12,15-16H2,1-2H3,(H,39,40)(H,33,35,38). The van der Waals surface area contributed by atoms with E-state index in [1.54, 1.807) is 5.51 Å². The summed E-state index contributed by atoms with van der Waals surface area (Å²) in [5, 5.41) is 26.5. The Hall–Kier alpha value is -4.57. The lowest BCUT2D eigenvalue weighted by Gasteiger charge is -2.34. The Morgan fingerprint density at radius 2 is 1.87 bits per heavy atom. The molecule has 0 saturated carbocycles. The van der Waals surface area contributed by atoms with E-state index < -0.39 is 40.1 Å². The van der Waals surface area contributed by atoms with Crippen molar-refractivity contribution in [2.45, 2.75) is 37.3 Å². The lowest BCUT2D eigenvalue weighted by Crippen LogP contribution is -2.46. The van der Waals surface area contributed by atoms with E-state index in [9.17, 15) is 28.2 Å². The number of hydrogen-bond acceptors (Lipinski definition) is 10. The summed E-state index contributed by atoms with van der Waals surface area (Å²) in [5.74, 6) is -1.37. The van der Waals surface area contributed by atoms with Crippen LogP contribution in [0.5, 0.6) is 0 Å². The summed E-state index contributed by atoms with van der Waals surface area (Å²) in [6.45, 7) is 3.48. The monoisotopic (exact) mass is 667 g/mol. The van der Waals surface area contributed by atoms with Crippen LogP contribution in [-0.2, 0) is 16.4 Å². The summed E-state index contributed by atoms with van der Waals surface area (Å²) in [4.78, 5) is 33.1. The maximum absolute atomic E-state index is 14.1. The number of carbonyl (C=O) groups is 2. The van der Waals surface area contributed by atoms with Gasteiger partial charge >= 0.3 is 12.1 Å². The van der Waals surface area contributed by atoms with Crippen molar-refractivity contribution < 1.29 is 37.1 Å². The number of fused-ring (bicyclic) bond motifs is 1. The van der Waals surface area contributed by atoms with Gasteiger partial charge in [0.15, 0.2) is 5.58 Å². The number of oxazole rings is 1. The fraction of sp³-hybridized carbons (Fsp3) is 0.290. The third kappa shape index (κ3) is 7.80. The van der Waals surface area contributed by atoms with Gasteiger partial charge in [0.2, 0.25) is 10.0 Å². The highest BCUT2D eigenvalue weighted by molar-refractivity contribution is 7.89. The Labute approximate surface area is 268 Å². The van der Waals surface area contributed by atoms with Gasteiger partial charge in [-0.05, 0) is 36.1 Å². The third-order valence-corrected chi connectivity index (χ3v) is 9.92. The first-order chi connectivity index (χ1) is 22.0. The summed E-state index contributed by atoms with van der Waals surface area (Å²) in [6, 6.07) is 13.9. The van der Waals surface area contributed by atoms with Crippen LogP contribution in [0.2, 0.25) is 0 Å². The van der Waals surface area contributed by atoms with Crippen LogP contribution in [0.1, 0.15) is 40.7 Å². The summed E-state index contributed by atoms with van der Waals surface area (Å²) >= 11 is 1.24. The minimum atomic E-state index is -4.20. The molecule has 0 aliphatic carbocycles. The van der Waals surface area contributed by atoms with Crippen molar-refractivity contribution in [1.29, 1.82) is 0 Å². The molecule has 13 nitrogen and oxygen atoms in total. The van der Waals surface area contributed by atoms with Gasteiger partial charge in [-0.1, -0.05) is 44.2 Å². The Bertz CT molecular complexity index is 1860. The quantitative estimate of drug-likeness (QED) is 0.125. The molecule has 3 heterocycles. The predicted molar refractivity (Wildman–Crippen MR) is 170 cm³/mol. The van der Waals surface area contributed by atoms with Crippen LogP contribution in [0.25, 0.3) is 11.1 Å². The highest BCUT2D eigenvalue weighted by atomic mass is 32.2. The lowest BCUT2D eigenvalue weighted by molar-refractivity contribution is 0.0642. The van der Waals surface area contributed by atoms with Crippen LogP contribution in [0.3, 0.4) is 0 Å². The van der Waals surface area contributed by atoms with Gasteiger partial charge < -0.3 is 24.4 Å². The molecule has 2 aromatic carbocycles. The van der Waals surface area contributed by atoms with Gasteiger partial charge in [-0.3, -0.25) is 15.1 Å². The molecule has 3 unspecified atom stereocenters. The topological polar surface area (TPSA) is 188 Å². The first-order valence-electron chi connectivity index (χ1n) is 14.4. The highest BCUT2D eigenvalue weighted by Gasteiger charge is 2.36. The summed E-state index contributed by atoms with van der Waals surface area (Å²) in [6.07, 6.45) is 1.85. The smallest absolute Gasteiger partial charge is 0.405 e. The molecule has 0 saturated heterocycles. The molecule has 0 aliphatic heterocycles. The summed E-state index contributed by atoms with van der Waals surface area (Å²) in [5.41, 5.74) is 3.13. The van der Waals surface area contributed by atoms with Crippen molar-refractivity contribution in [3.8, 4) is 0 Å². The van der Waals surface area contributed by atoms with E-state index in [-0.39, 0.29) is 47.5 Å². The Balaban J connectivity index is 1.44. The van der Waals surface area contributed by atoms with E-state index in [0.717, 1.165) is 5.56 Å². The molecule has 3 aromatic heterocycles. The number of amides is 2. The number of nitrogens with one attached hydrogen (secondary N) is 2. The Kier molecular flexibility index (Phi) is 10.2. The van der Waals surface area contributed by atoms with Gasteiger partial charge in [0.05, 0.1) is 34.4 Å². The maximum Gasteiger partial charge on any atom is 0.405 e. The molecule has 0 aliphatic rings. The number of thiazole rings is 1. The maximum atomic E-state index is 14.1. The predicted octanol–water partition coefficient (Wildman–Crippen LogP) is 5.01. The number of aliphatic hydroxyl groups excluding tert-OH is 1. The molecule has 5 aromatic rings. The molecule has 242 valence electrons. The number of sulfonamides is 1. The van der Waals surface area contributed by atoms with E-state index in [0.29, 0.717) is 10.4 Å². The second kappa shape index (κ2) is 14.2. The van der Waals surface area contributed by atoms with E-state index in [1.165, 1.54) is 58.6 Å². The number of carboxylic acid groups (broad SMARTS) is 1. The van der Waals surface area contributed by atoms with Crippen molar-refractivity contribution in [3.63, 3.8) is 0 Å². The molecule has 5 rings (SSSR count). The van der Waals surface area contributed by atoms with Crippen LogP contribution in [-0.4, -0.2) is 64.1 Å². The molecular weight excluding hydrogens is 635 g/mol. The fourth-order valence-electron chi connectivity index (χ4n) is 5.12. The SMILES string of the molecule is CC(C)CN(CC(O)C(Cc1ccccc1)C(NC(=O)O)c1cncs1)S(=O)(=O)c1ccc2nc(NC(=O)c3ccoc3)oc2c1. The van der Waals surface area contributed by atoms with Crippen LogP contribution in [0.4, 0.5) is 10.8 Å². The average Bonchev–Trinajstić information content (AvgIpc) is 3.80. The van der Waals surface area contributed by atoms with E-state index in [1.807, 2.05) is 44.2 Å². The zero-order chi connectivity index (χ0) is 32.8. The van der Waals surface area contributed by atoms with Crippen molar-refractivity contribution in [2.24, 2.45) is 11.8 Å². The fourth-order valence-corrected chi connectivity index (χ4v) is 7.50. The van der Waals surface area contributed by atoms with Crippen molar-refractivity contribution in [2.75, 3.05) is 18.4 Å². The minimum Gasteiger partial charge on any atom is -0.472 e. The zero-order valence-electron chi connectivity index (χ0n) is 24.9. The molecule has 3 atom stereocenters. The van der Waals surface area contributed by atoms with Gasteiger partial charge in [0, 0.05) is 36.1 Å². The van der Waals surface area contributed by atoms with E-state index in [2.05, 4.69) is 20.6 Å². The van der Waals surface area contributed by atoms with Crippen LogP contribution in [0, 0.1) is 11.8 Å². The molecular formula is C31H33N5O8S2. The number of furan rings is 1. The van der Waals surface area contributed by atoms with Gasteiger partial charge in [0.25, 0.3) is 5.91 Å². The number of benzene rings is 2. The van der Waals surface area contributed by atoms with E-state index >= 15 is 0 Å². The number of aliphatic hydroxyl groups is 1. The van der Waals surface area contributed by atoms with Crippen molar-refractivity contribution >= 4 is 50.5 Å². The number of aromatic nitrogens is 2. The number of nitrogens with zero attached hydrogens (tertiary/aromatic N) is 3. The number of rotatable bonds is 14. The normalized spacial score (nSPS) is 13.9. The van der Waals surface area contributed by atoms with Crippen molar-refractivity contribution in [3.05, 3.63) is 94.8 Å². The summed E-state index contributed by atoms with van der Waals surface area (Å²) < 4.78 is 40.0. The molecule has 0 bridgehead atoms. The molecule has 0 radical (unpaired) electrons. The van der Waals surface area contributed by atoms with Gasteiger partial charge in [0.1, 0.15) is 11.8 Å². The lowest BCUT2D eigenvalue weighted by atomic mass is 9.86. The number of carbonyl (C=O) groups excluding carboxylic acids is 1. The molecule has 4 N–H and O–H groups in total. The third-order valence-electron chi connectivity index (χ3n) is 7.23. The Morgan fingerprint density at radius 1 is 1.09 bits per heavy atom. The highest BCUT2D eigenvalue weighted by Crippen LogP contribution is 2.32. The van der Waals surface area contributed by atoms with Gasteiger partial charge in [-0.15, -0.1) is 11.3 Å².